The Morgan fingerprint density at radius 1 is 0.611 bits per heavy atom. The molecule has 14 heteroatoms. The molecule has 2 N–H and O–H groups in total. The van der Waals surface area contributed by atoms with E-state index in [4.69, 9.17) is 18.9 Å². The van der Waals surface area contributed by atoms with Crippen molar-refractivity contribution >= 4 is 41.7 Å². The summed E-state index contributed by atoms with van der Waals surface area (Å²) >= 11 is 0. The molecule has 0 spiro atoms. The first kappa shape index (κ1) is 32.0. The predicted octanol–water partition coefficient (Wildman–Crippen LogP) is -0.909. The van der Waals surface area contributed by atoms with Gasteiger partial charge in [0.15, 0.2) is 0 Å². The van der Waals surface area contributed by atoms with Crippen LogP contribution in [0.3, 0.4) is 0 Å². The Kier molecular flexibility index (Phi) is 18.2. The van der Waals surface area contributed by atoms with Gasteiger partial charge >= 0.3 is 29.8 Å². The van der Waals surface area contributed by atoms with Gasteiger partial charge in [-0.25, -0.2) is 4.79 Å². The van der Waals surface area contributed by atoms with Crippen LogP contribution in [0.15, 0.2) is 12.7 Å². The van der Waals surface area contributed by atoms with Gasteiger partial charge in [-0.1, -0.05) is 13.5 Å². The summed E-state index contributed by atoms with van der Waals surface area (Å²) in [4.78, 5) is 80.0. The van der Waals surface area contributed by atoms with E-state index in [9.17, 15) is 33.6 Å². The molecule has 0 bridgehead atoms. The average molecular weight is 517 g/mol. The van der Waals surface area contributed by atoms with Crippen molar-refractivity contribution in [2.45, 2.75) is 39.0 Å². The fourth-order valence-electron chi connectivity index (χ4n) is 2.11. The van der Waals surface area contributed by atoms with Crippen LogP contribution in [0.4, 0.5) is 0 Å². The van der Waals surface area contributed by atoms with Crippen LogP contribution < -0.4 is 10.6 Å². The standard InChI is InChI=1S/C22H32N2O12/c1-3-9-32-19(28)5-10-33-21(30)14-16(25)23-7-8-24-17(26)15-22(31)34-11-6-20(29)36-13-12-35-18(27)4-2/h4H,2-3,5-15H2,1H3,(H,23,25)(H,24,26). The van der Waals surface area contributed by atoms with E-state index in [1.165, 1.54) is 0 Å². The molecule has 2 amide bonds. The van der Waals surface area contributed by atoms with Crippen molar-refractivity contribution in [3.63, 3.8) is 0 Å². The van der Waals surface area contributed by atoms with Crippen LogP contribution in [0.1, 0.15) is 39.0 Å². The number of hydrogen-bond donors (Lipinski definition) is 2. The Morgan fingerprint density at radius 3 is 1.47 bits per heavy atom. The second-order valence-electron chi connectivity index (χ2n) is 6.81. The van der Waals surface area contributed by atoms with Gasteiger partial charge in [-0.15, -0.1) is 0 Å². The highest BCUT2D eigenvalue weighted by molar-refractivity contribution is 5.95. The summed E-state index contributed by atoms with van der Waals surface area (Å²) in [6, 6.07) is 0. The molecule has 0 heterocycles. The topological polar surface area (TPSA) is 190 Å². The van der Waals surface area contributed by atoms with Gasteiger partial charge in [0.2, 0.25) is 11.8 Å². The average Bonchev–Trinajstić information content (AvgIpc) is 2.82. The molecule has 0 fully saturated rings. The molecule has 0 aromatic heterocycles. The van der Waals surface area contributed by atoms with E-state index in [0.29, 0.717) is 6.42 Å². The Labute approximate surface area is 208 Å². The lowest BCUT2D eigenvalue weighted by atomic mass is 10.4. The van der Waals surface area contributed by atoms with Crippen LogP contribution in [0.2, 0.25) is 0 Å². The molecule has 0 aromatic carbocycles. The number of nitrogens with one attached hydrogen (secondary N) is 2. The SMILES string of the molecule is C=CC(=O)OCCOC(=O)CCOC(=O)CC(=O)NCCNC(=O)CC(=O)OCCC(=O)OCCC. The normalized spacial score (nSPS) is 9.81. The quantitative estimate of drug-likeness (QED) is 0.0708. The van der Waals surface area contributed by atoms with Gasteiger partial charge in [0.1, 0.15) is 39.3 Å². The lowest BCUT2D eigenvalue weighted by molar-refractivity contribution is -0.154. The largest absolute Gasteiger partial charge is 0.466 e. The Bertz CT molecular complexity index is 781. The molecular formula is C22H32N2O12. The number of esters is 5. The van der Waals surface area contributed by atoms with Crippen molar-refractivity contribution in [1.82, 2.24) is 10.6 Å². The molecule has 0 rings (SSSR count). The number of carbonyl (C=O) groups is 7. The van der Waals surface area contributed by atoms with Gasteiger partial charge in [0.25, 0.3) is 0 Å². The van der Waals surface area contributed by atoms with Crippen LogP contribution in [0.25, 0.3) is 0 Å². The van der Waals surface area contributed by atoms with Crippen molar-refractivity contribution in [2.75, 3.05) is 46.1 Å². The van der Waals surface area contributed by atoms with Crippen LogP contribution in [0, 0.1) is 0 Å². The summed E-state index contributed by atoms with van der Waals surface area (Å²) < 4.78 is 23.7. The minimum Gasteiger partial charge on any atom is -0.466 e. The number of carbonyl (C=O) groups excluding carboxylic acids is 7. The summed E-state index contributed by atoms with van der Waals surface area (Å²) in [6.07, 6.45) is 0.113. The summed E-state index contributed by atoms with van der Waals surface area (Å²) in [6.45, 7) is 4.49. The molecule has 0 aliphatic rings. The van der Waals surface area contributed by atoms with E-state index in [1.54, 1.807) is 0 Å². The second kappa shape index (κ2) is 20.4. The number of amides is 2. The molecular weight excluding hydrogens is 484 g/mol. The van der Waals surface area contributed by atoms with Gasteiger partial charge in [0.05, 0.1) is 19.4 Å². The molecule has 0 saturated heterocycles. The minimum atomic E-state index is -0.870. The number of ether oxygens (including phenoxy) is 5. The van der Waals surface area contributed by atoms with Crippen LogP contribution in [-0.2, 0) is 57.2 Å². The number of rotatable bonds is 19. The van der Waals surface area contributed by atoms with E-state index in [-0.39, 0.29) is 59.0 Å². The fraction of sp³-hybridized carbons (Fsp3) is 0.591. The van der Waals surface area contributed by atoms with Crippen LogP contribution >= 0.6 is 0 Å². The summed E-state index contributed by atoms with van der Waals surface area (Å²) in [5.74, 6) is -4.84. The maximum Gasteiger partial charge on any atom is 0.330 e. The van der Waals surface area contributed by atoms with Gasteiger partial charge in [-0.05, 0) is 6.42 Å². The third-order valence-corrected chi connectivity index (χ3v) is 3.74. The van der Waals surface area contributed by atoms with Crippen molar-refractivity contribution < 1.29 is 57.2 Å². The maximum atomic E-state index is 11.7. The molecule has 14 nitrogen and oxygen atoms in total. The van der Waals surface area contributed by atoms with E-state index in [2.05, 4.69) is 21.9 Å². The molecule has 36 heavy (non-hydrogen) atoms. The molecule has 0 aromatic rings. The third-order valence-electron chi connectivity index (χ3n) is 3.74. The maximum absolute atomic E-state index is 11.7. The lowest BCUT2D eigenvalue weighted by Gasteiger charge is -2.08. The van der Waals surface area contributed by atoms with Gasteiger partial charge < -0.3 is 34.3 Å². The summed E-state index contributed by atoms with van der Waals surface area (Å²) in [5.41, 5.74) is 0. The third kappa shape index (κ3) is 19.5. The van der Waals surface area contributed by atoms with E-state index < -0.39 is 54.5 Å². The molecule has 0 radical (unpaired) electrons. The summed E-state index contributed by atoms with van der Waals surface area (Å²) in [7, 11) is 0. The monoisotopic (exact) mass is 516 g/mol. The lowest BCUT2D eigenvalue weighted by Crippen LogP contribution is -2.36. The minimum absolute atomic E-state index is 0.00973. The highest BCUT2D eigenvalue weighted by Crippen LogP contribution is 1.94. The van der Waals surface area contributed by atoms with Crippen molar-refractivity contribution in [1.29, 1.82) is 0 Å². The number of hydrogen-bond acceptors (Lipinski definition) is 12. The van der Waals surface area contributed by atoms with Gasteiger partial charge in [-0.2, -0.15) is 0 Å². The molecule has 0 aliphatic carbocycles. The van der Waals surface area contributed by atoms with Crippen LogP contribution in [-0.4, -0.2) is 87.8 Å². The van der Waals surface area contributed by atoms with Crippen LogP contribution in [0.5, 0.6) is 0 Å². The first-order valence-electron chi connectivity index (χ1n) is 11.1. The fourth-order valence-corrected chi connectivity index (χ4v) is 2.11. The Hall–Kier alpha value is -3.97. The van der Waals surface area contributed by atoms with Crippen molar-refractivity contribution in [3.8, 4) is 0 Å². The van der Waals surface area contributed by atoms with Gasteiger partial charge in [0, 0.05) is 19.2 Å². The Balaban J connectivity index is 3.79. The van der Waals surface area contributed by atoms with E-state index >= 15 is 0 Å². The predicted molar refractivity (Wildman–Crippen MR) is 120 cm³/mol. The summed E-state index contributed by atoms with van der Waals surface area (Å²) in [5, 5.41) is 4.75. The zero-order chi connectivity index (χ0) is 27.2. The molecule has 0 aliphatic heterocycles. The highest BCUT2D eigenvalue weighted by Gasteiger charge is 2.14. The van der Waals surface area contributed by atoms with E-state index in [0.717, 1.165) is 6.08 Å². The zero-order valence-corrected chi connectivity index (χ0v) is 20.2. The van der Waals surface area contributed by atoms with Gasteiger partial charge in [-0.3, -0.25) is 28.8 Å². The first-order valence-corrected chi connectivity index (χ1v) is 11.1. The van der Waals surface area contributed by atoms with Crippen molar-refractivity contribution in [3.05, 3.63) is 12.7 Å². The Morgan fingerprint density at radius 2 is 1.03 bits per heavy atom. The highest BCUT2D eigenvalue weighted by atomic mass is 16.6. The van der Waals surface area contributed by atoms with E-state index in [1.807, 2.05) is 6.92 Å². The van der Waals surface area contributed by atoms with Crippen molar-refractivity contribution in [2.24, 2.45) is 0 Å². The first-order chi connectivity index (χ1) is 17.2. The smallest absolute Gasteiger partial charge is 0.330 e. The molecule has 0 atom stereocenters. The molecule has 202 valence electrons. The molecule has 0 unspecified atom stereocenters. The molecule has 0 saturated carbocycles. The second-order valence-corrected chi connectivity index (χ2v) is 6.81. The zero-order valence-electron chi connectivity index (χ0n) is 20.2.